The Hall–Kier alpha value is -2.12. The molecule has 0 aromatic rings. The average molecular weight is 696 g/mol. The summed E-state index contributed by atoms with van der Waals surface area (Å²) in [6.07, 6.45) is 5.89. The van der Waals surface area contributed by atoms with E-state index in [1.807, 2.05) is 38.0 Å². The molecule has 3 aliphatic rings. The Kier molecular flexibility index (Phi) is 18.9. The van der Waals surface area contributed by atoms with E-state index in [0.29, 0.717) is 19.7 Å². The first kappa shape index (κ1) is 44.9. The number of amides is 3. The lowest BCUT2D eigenvalue weighted by Crippen LogP contribution is -2.47. The van der Waals surface area contributed by atoms with Crippen LogP contribution < -0.4 is 16.0 Å². The number of ether oxygens (including phenoxy) is 1. The predicted octanol–water partition coefficient (Wildman–Crippen LogP) is 2.47. The van der Waals surface area contributed by atoms with Crippen LogP contribution in [0, 0.1) is 16.2 Å². The molecule has 3 N–H and O–H groups in total. The van der Waals surface area contributed by atoms with Crippen molar-refractivity contribution in [1.82, 2.24) is 35.6 Å². The number of ketones is 1. The maximum atomic E-state index is 12.3. The Balaban J connectivity index is 0.000000368. The lowest BCUT2D eigenvalue weighted by Gasteiger charge is -2.30. The fraction of sp³-hybridized carbons (Fsp3) is 0.892. The summed E-state index contributed by atoms with van der Waals surface area (Å²) in [5, 5.41) is 9.28. The van der Waals surface area contributed by atoms with E-state index >= 15 is 0 Å². The van der Waals surface area contributed by atoms with Crippen molar-refractivity contribution in [2.45, 2.75) is 105 Å². The molecule has 0 aromatic carbocycles. The van der Waals surface area contributed by atoms with Gasteiger partial charge in [0, 0.05) is 46.4 Å². The van der Waals surface area contributed by atoms with Gasteiger partial charge in [-0.1, -0.05) is 41.5 Å². The second-order valence-electron chi connectivity index (χ2n) is 16.8. The van der Waals surface area contributed by atoms with Gasteiger partial charge in [0.15, 0.2) is 0 Å². The highest BCUT2D eigenvalue weighted by Crippen LogP contribution is 2.30. The fourth-order valence-corrected chi connectivity index (χ4v) is 6.76. The van der Waals surface area contributed by atoms with Gasteiger partial charge in [-0.2, -0.15) is 0 Å². The average Bonchev–Trinajstić information content (AvgIpc) is 3.25. The number of hydrogen-bond acceptors (Lipinski definition) is 9. The minimum absolute atomic E-state index is 0.000984. The zero-order chi connectivity index (χ0) is 37.6. The van der Waals surface area contributed by atoms with E-state index in [1.165, 1.54) is 6.92 Å². The first-order valence-corrected chi connectivity index (χ1v) is 18.2. The van der Waals surface area contributed by atoms with Crippen LogP contribution in [0.3, 0.4) is 0 Å². The molecular formula is C37H73N7O5. The zero-order valence-corrected chi connectivity index (χ0v) is 33.5. The van der Waals surface area contributed by atoms with Crippen molar-refractivity contribution >= 4 is 23.5 Å². The standard InChI is InChI=1S/C13H27N3O.C12H22N2O2.C12H24N2O2/c1-13(2)7-6-11(14-3)12(17)16(10-13)9-8-15(4)5;1-9(15)7-14-8-12(2,3)6-5-10(13-4)11(14)16;1-12(2)6-5-10(13-3)11(15)14(9-12)7-8-16-4/h11,14H,6-10H2,1-5H3;10,13H,5-8H2,1-4H3;10,13H,5-9H2,1-4H3. The van der Waals surface area contributed by atoms with E-state index in [-0.39, 0.29) is 64.4 Å². The topological polar surface area (TPSA) is 127 Å². The molecule has 3 rings (SSSR count). The quantitative estimate of drug-likeness (QED) is 0.299. The zero-order valence-electron chi connectivity index (χ0n) is 33.5. The van der Waals surface area contributed by atoms with Crippen LogP contribution in [0.4, 0.5) is 0 Å². The first-order chi connectivity index (χ1) is 22.7. The number of Topliss-reactive ketones (excluding diaryl/α,β-unsaturated/α-hetero) is 1. The molecule has 0 bridgehead atoms. The Morgan fingerprint density at radius 2 is 1.04 bits per heavy atom. The molecule has 3 amide bonds. The minimum Gasteiger partial charge on any atom is -0.383 e. The van der Waals surface area contributed by atoms with Crippen LogP contribution in [-0.4, -0.2) is 156 Å². The summed E-state index contributed by atoms with van der Waals surface area (Å²) < 4.78 is 5.06. The van der Waals surface area contributed by atoms with Gasteiger partial charge in [0.05, 0.1) is 31.3 Å². The number of rotatable bonds is 11. The summed E-state index contributed by atoms with van der Waals surface area (Å²) in [6, 6.07) is -0.168. The molecule has 3 saturated heterocycles. The van der Waals surface area contributed by atoms with E-state index in [0.717, 1.165) is 64.7 Å². The third-order valence-corrected chi connectivity index (χ3v) is 9.86. The Labute approximate surface area is 298 Å². The van der Waals surface area contributed by atoms with Gasteiger partial charge in [0.1, 0.15) is 5.78 Å². The van der Waals surface area contributed by atoms with Crippen LogP contribution >= 0.6 is 0 Å². The van der Waals surface area contributed by atoms with Gasteiger partial charge < -0.3 is 40.3 Å². The van der Waals surface area contributed by atoms with Crippen LogP contribution in [-0.2, 0) is 23.9 Å². The van der Waals surface area contributed by atoms with E-state index in [2.05, 4.69) is 62.4 Å². The van der Waals surface area contributed by atoms with Crippen molar-refractivity contribution in [2.24, 2.45) is 16.2 Å². The Bertz CT molecular complexity index is 1050. The first-order valence-electron chi connectivity index (χ1n) is 18.2. The van der Waals surface area contributed by atoms with E-state index in [4.69, 9.17) is 4.74 Å². The van der Waals surface area contributed by atoms with Crippen molar-refractivity contribution in [3.8, 4) is 0 Å². The van der Waals surface area contributed by atoms with E-state index in [1.54, 1.807) is 19.1 Å². The minimum atomic E-state index is -0.138. The molecule has 49 heavy (non-hydrogen) atoms. The molecule has 3 atom stereocenters. The third kappa shape index (κ3) is 16.2. The maximum absolute atomic E-state index is 12.3. The normalized spacial score (nSPS) is 25.4. The summed E-state index contributed by atoms with van der Waals surface area (Å²) in [6.45, 7) is 20.4. The Morgan fingerprint density at radius 3 is 1.37 bits per heavy atom. The molecule has 12 nitrogen and oxygen atoms in total. The molecule has 0 spiro atoms. The summed E-state index contributed by atoms with van der Waals surface area (Å²) >= 11 is 0. The molecule has 0 saturated carbocycles. The van der Waals surface area contributed by atoms with Crippen molar-refractivity contribution in [3.63, 3.8) is 0 Å². The van der Waals surface area contributed by atoms with Gasteiger partial charge in [0.2, 0.25) is 17.7 Å². The van der Waals surface area contributed by atoms with Gasteiger partial charge >= 0.3 is 0 Å². The number of hydrogen-bond donors (Lipinski definition) is 3. The van der Waals surface area contributed by atoms with Gasteiger partial charge in [-0.15, -0.1) is 0 Å². The molecule has 3 aliphatic heterocycles. The smallest absolute Gasteiger partial charge is 0.240 e. The van der Waals surface area contributed by atoms with Crippen LogP contribution in [0.15, 0.2) is 0 Å². The predicted molar refractivity (Wildman–Crippen MR) is 198 cm³/mol. The number of likely N-dealkylation sites (tertiary alicyclic amines) is 3. The Morgan fingerprint density at radius 1 is 0.694 bits per heavy atom. The highest BCUT2D eigenvalue weighted by molar-refractivity contribution is 5.87. The molecule has 0 aliphatic carbocycles. The largest absolute Gasteiger partial charge is 0.383 e. The summed E-state index contributed by atoms with van der Waals surface area (Å²) in [5.41, 5.74) is 0.527. The van der Waals surface area contributed by atoms with Crippen molar-refractivity contribution in [3.05, 3.63) is 0 Å². The molecule has 12 heteroatoms. The van der Waals surface area contributed by atoms with Gasteiger partial charge in [0.25, 0.3) is 0 Å². The molecule has 0 aromatic heterocycles. The van der Waals surface area contributed by atoms with Gasteiger partial charge in [-0.25, -0.2) is 0 Å². The molecule has 3 unspecified atom stereocenters. The molecule has 3 heterocycles. The van der Waals surface area contributed by atoms with Gasteiger partial charge in [-0.05, 0) is 96.9 Å². The number of nitrogens with one attached hydrogen (secondary N) is 3. The molecule has 286 valence electrons. The van der Waals surface area contributed by atoms with E-state index in [9.17, 15) is 19.2 Å². The summed E-state index contributed by atoms with van der Waals surface area (Å²) in [4.78, 5) is 55.5. The number of carbonyl (C=O) groups is 4. The van der Waals surface area contributed by atoms with Crippen molar-refractivity contribution in [2.75, 3.05) is 94.8 Å². The fourth-order valence-electron chi connectivity index (χ4n) is 6.76. The summed E-state index contributed by atoms with van der Waals surface area (Å²) in [5.74, 6) is 0.578. The SMILES string of the molecule is CNC1CCC(C)(C)CN(CC(C)=O)C1=O.CNC1CCC(C)(C)CN(CCN(C)C)C1=O.CNC1CCC(C)(C)CN(CCOC)C1=O. The second kappa shape index (κ2) is 20.7. The number of likely N-dealkylation sites (N-methyl/N-ethyl adjacent to an activating group) is 4. The van der Waals surface area contributed by atoms with Crippen LogP contribution in [0.5, 0.6) is 0 Å². The van der Waals surface area contributed by atoms with Crippen LogP contribution in [0.2, 0.25) is 0 Å². The summed E-state index contributed by atoms with van der Waals surface area (Å²) in [7, 11) is 11.3. The molecular weight excluding hydrogens is 622 g/mol. The van der Waals surface area contributed by atoms with Gasteiger partial charge in [-0.3, -0.25) is 19.2 Å². The lowest BCUT2D eigenvalue weighted by atomic mass is 9.87. The third-order valence-electron chi connectivity index (χ3n) is 9.86. The number of methoxy groups -OCH3 is 1. The van der Waals surface area contributed by atoms with Crippen molar-refractivity contribution in [1.29, 1.82) is 0 Å². The highest BCUT2D eigenvalue weighted by Gasteiger charge is 2.36. The lowest BCUT2D eigenvalue weighted by molar-refractivity contribution is -0.136. The second-order valence-corrected chi connectivity index (χ2v) is 16.8. The number of nitrogens with zero attached hydrogens (tertiary/aromatic N) is 4. The highest BCUT2D eigenvalue weighted by atomic mass is 16.5. The van der Waals surface area contributed by atoms with Crippen molar-refractivity contribution < 1.29 is 23.9 Å². The van der Waals surface area contributed by atoms with Crippen LogP contribution in [0.1, 0.15) is 87.0 Å². The van der Waals surface area contributed by atoms with Crippen LogP contribution in [0.25, 0.3) is 0 Å². The number of carbonyl (C=O) groups excluding carboxylic acids is 4. The monoisotopic (exact) mass is 696 g/mol. The molecule has 3 fully saturated rings. The molecule has 0 radical (unpaired) electrons. The maximum Gasteiger partial charge on any atom is 0.240 e. The van der Waals surface area contributed by atoms with E-state index < -0.39 is 0 Å².